The van der Waals surface area contributed by atoms with Crippen LogP contribution in [0, 0.1) is 11.8 Å². The summed E-state index contributed by atoms with van der Waals surface area (Å²) in [6, 6.07) is 0. The molecule has 0 radical (unpaired) electrons. The molecular formula is C15H29N3O. The molecule has 4 heteroatoms. The Balaban J connectivity index is 1.67. The van der Waals surface area contributed by atoms with Gasteiger partial charge in [0, 0.05) is 13.1 Å². The van der Waals surface area contributed by atoms with Crippen LogP contribution < -0.4 is 11.1 Å². The average Bonchev–Trinajstić information content (AvgIpc) is 3.21. The van der Waals surface area contributed by atoms with Crippen molar-refractivity contribution in [3.8, 4) is 0 Å². The van der Waals surface area contributed by atoms with E-state index in [1.54, 1.807) is 0 Å². The molecule has 1 saturated carbocycles. The van der Waals surface area contributed by atoms with Crippen LogP contribution in [0.3, 0.4) is 0 Å². The maximum Gasteiger partial charge on any atom is 0.240 e. The summed E-state index contributed by atoms with van der Waals surface area (Å²) in [4.78, 5) is 14.6. The first kappa shape index (κ1) is 14.8. The Morgan fingerprint density at radius 1 is 1.37 bits per heavy atom. The van der Waals surface area contributed by atoms with Crippen molar-refractivity contribution in [1.82, 2.24) is 10.2 Å². The minimum Gasteiger partial charge on any atom is -0.354 e. The number of nitrogens with one attached hydrogen (secondary N) is 1. The quantitative estimate of drug-likeness (QED) is 0.764. The molecule has 2 fully saturated rings. The highest BCUT2D eigenvalue weighted by Gasteiger charge is 2.43. The predicted octanol–water partition coefficient (Wildman–Crippen LogP) is 1.35. The fraction of sp³-hybridized carbons (Fsp3) is 0.933. The topological polar surface area (TPSA) is 58.4 Å². The molecule has 0 bridgehead atoms. The molecule has 3 N–H and O–H groups in total. The van der Waals surface area contributed by atoms with Crippen molar-refractivity contribution < 1.29 is 4.79 Å². The first-order valence-electron chi connectivity index (χ1n) is 7.79. The molecule has 2 atom stereocenters. The summed E-state index contributed by atoms with van der Waals surface area (Å²) >= 11 is 0. The Hall–Kier alpha value is -0.610. The zero-order valence-corrected chi connectivity index (χ0v) is 12.5. The van der Waals surface area contributed by atoms with Gasteiger partial charge in [-0.2, -0.15) is 0 Å². The number of rotatable bonds is 6. The maximum absolute atomic E-state index is 12.1. The molecule has 2 unspecified atom stereocenters. The zero-order valence-electron chi connectivity index (χ0n) is 12.5. The summed E-state index contributed by atoms with van der Waals surface area (Å²) in [5, 5.41) is 3.04. The minimum absolute atomic E-state index is 0.0282. The lowest BCUT2D eigenvalue weighted by Gasteiger charge is -2.30. The van der Waals surface area contributed by atoms with Gasteiger partial charge in [-0.1, -0.05) is 13.3 Å². The van der Waals surface area contributed by atoms with E-state index in [4.69, 9.17) is 5.73 Å². The number of hydrogen-bond donors (Lipinski definition) is 2. The van der Waals surface area contributed by atoms with E-state index in [1.165, 1.54) is 32.4 Å². The molecule has 0 spiro atoms. The van der Waals surface area contributed by atoms with Gasteiger partial charge in [-0.3, -0.25) is 4.79 Å². The maximum atomic E-state index is 12.1. The SMILES string of the molecule is CC(CNC(=O)C(C)(N)C1CC1)CN1CCCCC1. The van der Waals surface area contributed by atoms with Crippen LogP contribution in [-0.4, -0.2) is 42.5 Å². The van der Waals surface area contributed by atoms with Gasteiger partial charge < -0.3 is 16.0 Å². The highest BCUT2D eigenvalue weighted by Crippen LogP contribution is 2.38. The largest absolute Gasteiger partial charge is 0.354 e. The third-order valence-corrected chi connectivity index (χ3v) is 4.54. The van der Waals surface area contributed by atoms with Crippen molar-refractivity contribution in [2.75, 3.05) is 26.2 Å². The summed E-state index contributed by atoms with van der Waals surface area (Å²) in [6.07, 6.45) is 6.21. The van der Waals surface area contributed by atoms with Gasteiger partial charge in [-0.25, -0.2) is 0 Å². The Kier molecular flexibility index (Phi) is 4.85. The lowest BCUT2D eigenvalue weighted by Crippen LogP contribution is -2.54. The molecule has 0 aromatic heterocycles. The first-order valence-corrected chi connectivity index (χ1v) is 7.79. The van der Waals surface area contributed by atoms with Crippen LogP contribution in [0.25, 0.3) is 0 Å². The van der Waals surface area contributed by atoms with E-state index in [2.05, 4.69) is 17.1 Å². The number of likely N-dealkylation sites (tertiary alicyclic amines) is 1. The summed E-state index contributed by atoms with van der Waals surface area (Å²) in [5.41, 5.74) is 5.45. The van der Waals surface area contributed by atoms with E-state index >= 15 is 0 Å². The van der Waals surface area contributed by atoms with E-state index in [0.717, 1.165) is 25.9 Å². The number of piperidine rings is 1. The van der Waals surface area contributed by atoms with Crippen molar-refractivity contribution in [3.63, 3.8) is 0 Å². The second-order valence-corrected chi connectivity index (χ2v) is 6.73. The summed E-state index contributed by atoms with van der Waals surface area (Å²) in [7, 11) is 0. The Morgan fingerprint density at radius 3 is 2.58 bits per heavy atom. The van der Waals surface area contributed by atoms with Crippen molar-refractivity contribution in [2.24, 2.45) is 17.6 Å². The lowest BCUT2D eigenvalue weighted by atomic mass is 9.96. The minimum atomic E-state index is -0.662. The van der Waals surface area contributed by atoms with E-state index in [9.17, 15) is 4.79 Å². The Morgan fingerprint density at radius 2 is 2.00 bits per heavy atom. The molecule has 110 valence electrons. The van der Waals surface area contributed by atoms with Crippen LogP contribution in [0.5, 0.6) is 0 Å². The summed E-state index contributed by atoms with van der Waals surface area (Å²) in [5.74, 6) is 0.919. The van der Waals surface area contributed by atoms with Gasteiger partial charge in [0.15, 0.2) is 0 Å². The van der Waals surface area contributed by atoms with E-state index in [-0.39, 0.29) is 5.91 Å². The summed E-state index contributed by atoms with van der Waals surface area (Å²) in [6.45, 7) is 8.35. The summed E-state index contributed by atoms with van der Waals surface area (Å²) < 4.78 is 0. The molecule has 0 aromatic rings. The number of amides is 1. The van der Waals surface area contributed by atoms with Gasteiger partial charge in [0.2, 0.25) is 5.91 Å². The van der Waals surface area contributed by atoms with Gasteiger partial charge in [0.1, 0.15) is 0 Å². The Labute approximate surface area is 117 Å². The number of nitrogens with two attached hydrogens (primary N) is 1. The van der Waals surface area contributed by atoms with Crippen molar-refractivity contribution in [2.45, 2.75) is 51.5 Å². The molecular weight excluding hydrogens is 238 g/mol. The van der Waals surface area contributed by atoms with Crippen LogP contribution in [0.15, 0.2) is 0 Å². The molecule has 2 rings (SSSR count). The fourth-order valence-corrected chi connectivity index (χ4v) is 2.97. The third-order valence-electron chi connectivity index (χ3n) is 4.54. The van der Waals surface area contributed by atoms with Crippen molar-refractivity contribution >= 4 is 5.91 Å². The van der Waals surface area contributed by atoms with E-state index < -0.39 is 5.54 Å². The third kappa shape index (κ3) is 4.18. The highest BCUT2D eigenvalue weighted by molar-refractivity contribution is 5.86. The van der Waals surface area contributed by atoms with Crippen LogP contribution in [0.1, 0.15) is 46.0 Å². The van der Waals surface area contributed by atoms with Gasteiger partial charge in [-0.05, 0) is 57.5 Å². The fourth-order valence-electron chi connectivity index (χ4n) is 2.97. The normalized spacial score (nSPS) is 25.6. The van der Waals surface area contributed by atoms with Gasteiger partial charge in [0.05, 0.1) is 5.54 Å². The van der Waals surface area contributed by atoms with Crippen LogP contribution in [-0.2, 0) is 4.79 Å². The second kappa shape index (κ2) is 6.23. The van der Waals surface area contributed by atoms with Crippen molar-refractivity contribution in [3.05, 3.63) is 0 Å². The number of nitrogens with zero attached hydrogens (tertiary/aromatic N) is 1. The van der Waals surface area contributed by atoms with E-state index in [1.807, 2.05) is 6.92 Å². The average molecular weight is 267 g/mol. The van der Waals surface area contributed by atoms with Crippen LogP contribution in [0.2, 0.25) is 0 Å². The van der Waals surface area contributed by atoms with Gasteiger partial charge >= 0.3 is 0 Å². The predicted molar refractivity (Wildman–Crippen MR) is 77.8 cm³/mol. The van der Waals surface area contributed by atoms with Crippen LogP contribution >= 0.6 is 0 Å². The second-order valence-electron chi connectivity index (χ2n) is 6.73. The standard InChI is InChI=1S/C15H29N3O/c1-12(11-18-8-4-3-5-9-18)10-17-14(19)15(2,16)13-6-7-13/h12-13H,3-11,16H2,1-2H3,(H,17,19). The van der Waals surface area contributed by atoms with Crippen LogP contribution in [0.4, 0.5) is 0 Å². The molecule has 2 aliphatic rings. The monoisotopic (exact) mass is 267 g/mol. The van der Waals surface area contributed by atoms with Gasteiger partial charge in [-0.15, -0.1) is 0 Å². The zero-order chi connectivity index (χ0) is 13.9. The van der Waals surface area contributed by atoms with Crippen molar-refractivity contribution in [1.29, 1.82) is 0 Å². The van der Waals surface area contributed by atoms with E-state index in [0.29, 0.717) is 11.8 Å². The molecule has 1 heterocycles. The molecule has 4 nitrogen and oxygen atoms in total. The smallest absolute Gasteiger partial charge is 0.240 e. The number of hydrogen-bond acceptors (Lipinski definition) is 3. The molecule has 0 aromatic carbocycles. The molecule has 19 heavy (non-hydrogen) atoms. The van der Waals surface area contributed by atoms with Gasteiger partial charge in [0.25, 0.3) is 0 Å². The Bertz CT molecular complexity index is 307. The molecule has 1 aliphatic carbocycles. The number of carbonyl (C=O) groups is 1. The number of carbonyl (C=O) groups excluding carboxylic acids is 1. The molecule has 1 saturated heterocycles. The highest BCUT2D eigenvalue weighted by atomic mass is 16.2. The lowest BCUT2D eigenvalue weighted by molar-refractivity contribution is -0.126. The molecule has 1 amide bonds. The first-order chi connectivity index (χ1) is 9.00. The molecule has 1 aliphatic heterocycles.